The maximum absolute atomic E-state index is 13.5. The number of nitrogens with one attached hydrogen (secondary N) is 1. The number of aryl methyl sites for hydroxylation is 1. The molecule has 0 aromatic heterocycles. The summed E-state index contributed by atoms with van der Waals surface area (Å²) < 4.78 is 10.8. The summed E-state index contributed by atoms with van der Waals surface area (Å²) in [5.74, 6) is 0.415. The highest BCUT2D eigenvalue weighted by Crippen LogP contribution is 2.35. The van der Waals surface area contributed by atoms with Crippen molar-refractivity contribution >= 4 is 28.8 Å². The average molecular weight is 428 g/mol. The molecule has 0 spiro atoms. The summed E-state index contributed by atoms with van der Waals surface area (Å²) in [6.07, 6.45) is 0. The monoisotopic (exact) mass is 428 g/mol. The van der Waals surface area contributed by atoms with Gasteiger partial charge >= 0.3 is 0 Å². The minimum absolute atomic E-state index is 0.218. The summed E-state index contributed by atoms with van der Waals surface area (Å²) in [6, 6.07) is 21.7. The molecule has 4 rings (SSSR count). The topological polar surface area (TPSA) is 67.9 Å². The van der Waals surface area contributed by atoms with Crippen LogP contribution in [-0.4, -0.2) is 25.5 Å². The Balaban J connectivity index is 1.79. The van der Waals surface area contributed by atoms with E-state index >= 15 is 0 Å². The van der Waals surface area contributed by atoms with Crippen LogP contribution in [0.1, 0.15) is 18.1 Å². The second-order valence-corrected chi connectivity index (χ2v) is 7.35. The fourth-order valence-corrected chi connectivity index (χ4v) is 3.59. The Morgan fingerprint density at radius 1 is 0.875 bits per heavy atom. The van der Waals surface area contributed by atoms with Crippen molar-refractivity contribution in [1.82, 2.24) is 0 Å². The first-order chi connectivity index (χ1) is 15.5. The third-order valence-electron chi connectivity index (χ3n) is 5.15. The molecule has 6 nitrogen and oxygen atoms in total. The lowest BCUT2D eigenvalue weighted by atomic mass is 10.0. The summed E-state index contributed by atoms with van der Waals surface area (Å²) in [5.41, 5.74) is 3.38. The van der Waals surface area contributed by atoms with E-state index in [0.29, 0.717) is 40.6 Å². The molecule has 0 saturated heterocycles. The standard InChI is InChI=1S/C26H24N2O4/c1-4-32-22-10-5-7-19(15-22)27-24-23(18-13-11-17(2)12-14-18)25(29)28(26(24)30)20-8-6-9-21(16-20)31-3/h5-16,27H,4H2,1-3H3. The van der Waals surface area contributed by atoms with Crippen molar-refractivity contribution in [2.24, 2.45) is 0 Å². The average Bonchev–Trinajstić information content (AvgIpc) is 3.04. The first-order valence-corrected chi connectivity index (χ1v) is 10.4. The fraction of sp³-hybridized carbons (Fsp3) is 0.154. The van der Waals surface area contributed by atoms with Gasteiger partial charge in [0.25, 0.3) is 11.8 Å². The minimum atomic E-state index is -0.430. The summed E-state index contributed by atoms with van der Waals surface area (Å²) in [6.45, 7) is 4.41. The Bertz CT molecular complexity index is 1200. The maximum Gasteiger partial charge on any atom is 0.282 e. The van der Waals surface area contributed by atoms with Crippen LogP contribution in [0.25, 0.3) is 5.57 Å². The van der Waals surface area contributed by atoms with Gasteiger partial charge in [0.1, 0.15) is 17.2 Å². The third kappa shape index (κ3) is 4.07. The molecule has 1 heterocycles. The number of nitrogens with zero attached hydrogens (tertiary/aromatic N) is 1. The van der Waals surface area contributed by atoms with Crippen LogP contribution in [0, 0.1) is 6.92 Å². The van der Waals surface area contributed by atoms with E-state index in [9.17, 15) is 9.59 Å². The smallest absolute Gasteiger partial charge is 0.282 e. The first-order valence-electron chi connectivity index (χ1n) is 10.4. The van der Waals surface area contributed by atoms with E-state index in [0.717, 1.165) is 5.56 Å². The van der Waals surface area contributed by atoms with Crippen LogP contribution in [0.2, 0.25) is 0 Å². The predicted molar refractivity (Wildman–Crippen MR) is 125 cm³/mol. The Labute approximate surface area is 187 Å². The Kier molecular flexibility index (Phi) is 5.94. The molecule has 162 valence electrons. The van der Waals surface area contributed by atoms with E-state index in [4.69, 9.17) is 9.47 Å². The molecular weight excluding hydrogens is 404 g/mol. The van der Waals surface area contributed by atoms with Gasteiger partial charge in [-0.3, -0.25) is 9.59 Å². The lowest BCUT2D eigenvalue weighted by molar-refractivity contribution is -0.120. The van der Waals surface area contributed by atoms with Gasteiger partial charge < -0.3 is 14.8 Å². The summed E-state index contributed by atoms with van der Waals surface area (Å²) in [7, 11) is 1.54. The molecule has 32 heavy (non-hydrogen) atoms. The van der Waals surface area contributed by atoms with Gasteiger partial charge in [-0.2, -0.15) is 0 Å². The Hall–Kier alpha value is -4.06. The Morgan fingerprint density at radius 2 is 1.59 bits per heavy atom. The molecule has 0 fully saturated rings. The van der Waals surface area contributed by atoms with Crippen LogP contribution in [0.3, 0.4) is 0 Å². The van der Waals surface area contributed by atoms with Gasteiger partial charge in [-0.25, -0.2) is 4.90 Å². The zero-order valence-electron chi connectivity index (χ0n) is 18.2. The van der Waals surface area contributed by atoms with Crippen LogP contribution in [0.15, 0.2) is 78.5 Å². The molecule has 3 aromatic carbocycles. The molecule has 1 aliphatic rings. The summed E-state index contributed by atoms with van der Waals surface area (Å²) in [5, 5.41) is 3.17. The van der Waals surface area contributed by atoms with Crippen LogP contribution < -0.4 is 19.7 Å². The number of ether oxygens (including phenoxy) is 2. The highest BCUT2D eigenvalue weighted by atomic mass is 16.5. The van der Waals surface area contributed by atoms with E-state index in [1.807, 2.05) is 56.3 Å². The van der Waals surface area contributed by atoms with E-state index in [1.165, 1.54) is 4.90 Å². The van der Waals surface area contributed by atoms with Crippen LogP contribution in [0.4, 0.5) is 11.4 Å². The van der Waals surface area contributed by atoms with Crippen molar-refractivity contribution in [2.45, 2.75) is 13.8 Å². The zero-order chi connectivity index (χ0) is 22.7. The van der Waals surface area contributed by atoms with E-state index in [-0.39, 0.29) is 5.70 Å². The number of carbonyl (C=O) groups excluding carboxylic acids is 2. The number of amides is 2. The Morgan fingerprint density at radius 3 is 2.31 bits per heavy atom. The number of carbonyl (C=O) groups is 2. The molecule has 1 aliphatic heterocycles. The number of methoxy groups -OCH3 is 1. The molecule has 2 amide bonds. The van der Waals surface area contributed by atoms with Gasteiger partial charge in [0, 0.05) is 17.8 Å². The van der Waals surface area contributed by atoms with Crippen LogP contribution in [-0.2, 0) is 9.59 Å². The third-order valence-corrected chi connectivity index (χ3v) is 5.15. The summed E-state index contributed by atoms with van der Waals surface area (Å²) >= 11 is 0. The van der Waals surface area contributed by atoms with Crippen molar-refractivity contribution in [3.63, 3.8) is 0 Å². The normalized spacial score (nSPS) is 13.5. The molecule has 0 atom stereocenters. The van der Waals surface area contributed by atoms with Gasteiger partial charge in [-0.15, -0.1) is 0 Å². The van der Waals surface area contributed by atoms with Crippen molar-refractivity contribution in [1.29, 1.82) is 0 Å². The van der Waals surface area contributed by atoms with E-state index in [1.54, 1.807) is 37.4 Å². The number of hydrogen-bond donors (Lipinski definition) is 1. The molecular formula is C26H24N2O4. The molecule has 3 aromatic rings. The van der Waals surface area contributed by atoms with Crippen molar-refractivity contribution in [2.75, 3.05) is 23.9 Å². The molecule has 0 saturated carbocycles. The van der Waals surface area contributed by atoms with E-state index < -0.39 is 11.8 Å². The second kappa shape index (κ2) is 8.98. The quantitative estimate of drug-likeness (QED) is 0.548. The number of hydrogen-bond acceptors (Lipinski definition) is 5. The predicted octanol–water partition coefficient (Wildman–Crippen LogP) is 4.80. The fourth-order valence-electron chi connectivity index (χ4n) is 3.59. The van der Waals surface area contributed by atoms with Gasteiger partial charge in [0.05, 0.1) is 25.0 Å². The second-order valence-electron chi connectivity index (χ2n) is 7.35. The lowest BCUT2D eigenvalue weighted by Gasteiger charge is -2.16. The number of rotatable bonds is 7. The molecule has 0 bridgehead atoms. The van der Waals surface area contributed by atoms with E-state index in [2.05, 4.69) is 5.32 Å². The maximum atomic E-state index is 13.5. The van der Waals surface area contributed by atoms with Crippen molar-refractivity contribution in [3.8, 4) is 11.5 Å². The van der Waals surface area contributed by atoms with Crippen molar-refractivity contribution < 1.29 is 19.1 Å². The molecule has 0 unspecified atom stereocenters. The van der Waals surface area contributed by atoms with Gasteiger partial charge in [0.15, 0.2) is 0 Å². The highest BCUT2D eigenvalue weighted by Gasteiger charge is 2.40. The molecule has 1 N–H and O–H groups in total. The SMILES string of the molecule is CCOc1cccc(NC2=C(c3ccc(C)cc3)C(=O)N(c3cccc(OC)c3)C2=O)c1. The van der Waals surface area contributed by atoms with Gasteiger partial charge in [0.2, 0.25) is 0 Å². The largest absolute Gasteiger partial charge is 0.497 e. The molecule has 0 aliphatic carbocycles. The molecule has 6 heteroatoms. The number of anilines is 2. The lowest BCUT2D eigenvalue weighted by Crippen LogP contribution is -2.32. The van der Waals surface area contributed by atoms with Crippen LogP contribution in [0.5, 0.6) is 11.5 Å². The van der Waals surface area contributed by atoms with Gasteiger partial charge in [-0.05, 0) is 43.7 Å². The van der Waals surface area contributed by atoms with Crippen LogP contribution >= 0.6 is 0 Å². The number of imide groups is 1. The van der Waals surface area contributed by atoms with Crippen molar-refractivity contribution in [3.05, 3.63) is 89.6 Å². The first kappa shape index (κ1) is 21.2. The van der Waals surface area contributed by atoms with Gasteiger partial charge in [-0.1, -0.05) is 42.0 Å². The highest BCUT2D eigenvalue weighted by molar-refractivity contribution is 6.46. The minimum Gasteiger partial charge on any atom is -0.497 e. The molecule has 0 radical (unpaired) electrons. The number of benzene rings is 3. The summed E-state index contributed by atoms with van der Waals surface area (Å²) in [4.78, 5) is 28.2. The zero-order valence-corrected chi connectivity index (χ0v) is 18.2.